The lowest BCUT2D eigenvalue weighted by Gasteiger charge is -2.07. The number of allylic oxidation sites excluding steroid dienone is 1. The average molecular weight is 382 g/mol. The second-order valence-electron chi connectivity index (χ2n) is 7.71. The van der Waals surface area contributed by atoms with Crippen LogP contribution in [-0.4, -0.2) is 23.9 Å². The lowest BCUT2D eigenvalue weighted by molar-refractivity contribution is -0.135. The van der Waals surface area contributed by atoms with Crippen molar-refractivity contribution in [3.8, 4) is 0 Å². The third-order valence-corrected chi connectivity index (χ3v) is 5.04. The molecule has 0 aliphatic carbocycles. The summed E-state index contributed by atoms with van der Waals surface area (Å²) in [6.07, 6.45) is 23.4. The van der Waals surface area contributed by atoms with Crippen LogP contribution >= 0.6 is 0 Å². The van der Waals surface area contributed by atoms with Gasteiger partial charge in [0, 0.05) is 12.1 Å². The van der Waals surface area contributed by atoms with Crippen LogP contribution in [0.15, 0.2) is 12.3 Å². The van der Waals surface area contributed by atoms with Gasteiger partial charge in [-0.15, -0.1) is 0 Å². The highest BCUT2D eigenvalue weighted by atomic mass is 16.4. The van der Waals surface area contributed by atoms with E-state index in [1.807, 2.05) is 0 Å². The van der Waals surface area contributed by atoms with E-state index < -0.39 is 5.97 Å². The molecule has 0 fully saturated rings. The van der Waals surface area contributed by atoms with Crippen molar-refractivity contribution in [3.63, 3.8) is 0 Å². The Kier molecular flexibility index (Phi) is 20.0. The van der Waals surface area contributed by atoms with Crippen molar-refractivity contribution >= 4 is 12.3 Å². The Hall–Kier alpha value is -1.32. The Bertz CT molecular complexity index is 369. The second kappa shape index (κ2) is 21.0. The first-order valence-electron chi connectivity index (χ1n) is 11.2. The molecule has 27 heavy (non-hydrogen) atoms. The van der Waals surface area contributed by atoms with E-state index in [2.05, 4.69) is 11.9 Å². The molecule has 2 N–H and O–H groups in total. The largest absolute Gasteiger partial charge is 0.480 e. The van der Waals surface area contributed by atoms with Crippen LogP contribution in [0.4, 0.5) is 0 Å². The fraction of sp³-hybridized carbons (Fsp3) is 0.826. The molecule has 4 heteroatoms. The van der Waals surface area contributed by atoms with Gasteiger partial charge in [-0.25, -0.2) is 0 Å². The Morgan fingerprint density at radius 2 is 1.07 bits per heavy atom. The smallest absolute Gasteiger partial charge is 0.322 e. The molecule has 0 radical (unpaired) electrons. The zero-order valence-corrected chi connectivity index (χ0v) is 17.5. The number of aliphatic carboxylic acids is 1. The van der Waals surface area contributed by atoms with Crippen LogP contribution in [0.1, 0.15) is 116 Å². The molecule has 0 aromatic rings. The number of carboxylic acid groups (broad SMARTS) is 1. The number of carbonyl (C=O) groups is 2. The summed E-state index contributed by atoms with van der Waals surface area (Å²) in [4.78, 5) is 20.6. The summed E-state index contributed by atoms with van der Waals surface area (Å²) in [5, 5.41) is 11.4. The van der Waals surface area contributed by atoms with E-state index in [0.29, 0.717) is 0 Å². The quantitative estimate of drug-likeness (QED) is 0.168. The molecule has 0 spiro atoms. The van der Waals surface area contributed by atoms with Crippen molar-refractivity contribution < 1.29 is 14.7 Å². The average Bonchev–Trinajstić information content (AvgIpc) is 2.65. The number of nitrogens with one attached hydrogen (secondary N) is 1. The Morgan fingerprint density at radius 1 is 0.704 bits per heavy atom. The Morgan fingerprint density at radius 3 is 1.44 bits per heavy atom. The summed E-state index contributed by atoms with van der Waals surface area (Å²) in [5.41, 5.74) is 0.843. The topological polar surface area (TPSA) is 66.4 Å². The Balaban J connectivity index is 3.09. The minimum Gasteiger partial charge on any atom is -0.480 e. The summed E-state index contributed by atoms with van der Waals surface area (Å²) >= 11 is 0. The van der Waals surface area contributed by atoms with E-state index in [-0.39, 0.29) is 6.54 Å². The van der Waals surface area contributed by atoms with Crippen LogP contribution < -0.4 is 5.32 Å². The van der Waals surface area contributed by atoms with Crippen molar-refractivity contribution in [2.45, 2.75) is 116 Å². The molecule has 0 saturated heterocycles. The molecule has 0 amide bonds. The van der Waals surface area contributed by atoms with Crippen LogP contribution in [0.5, 0.6) is 0 Å². The number of carboxylic acids is 1. The SMILES string of the molecule is C=C(CCCCCCCCCCCCCCCCCCC=O)NCC(=O)O. The number of rotatable bonds is 22. The van der Waals surface area contributed by atoms with E-state index in [0.717, 1.165) is 37.7 Å². The number of hydrogen-bond donors (Lipinski definition) is 2. The third kappa shape index (κ3) is 22.6. The first-order valence-corrected chi connectivity index (χ1v) is 11.2. The first kappa shape index (κ1) is 25.7. The third-order valence-electron chi connectivity index (χ3n) is 5.04. The fourth-order valence-electron chi connectivity index (χ4n) is 3.33. The molecule has 158 valence electrons. The molecule has 0 saturated carbocycles. The van der Waals surface area contributed by atoms with Gasteiger partial charge in [0.2, 0.25) is 0 Å². The first-order chi connectivity index (χ1) is 13.2. The van der Waals surface area contributed by atoms with Crippen LogP contribution in [0.25, 0.3) is 0 Å². The molecule has 0 heterocycles. The standard InChI is InChI=1S/C23H43NO3/c1-22(24-21-23(26)27)19-17-15-13-11-9-7-5-3-2-4-6-8-10-12-14-16-18-20-25/h20,24H,1-19,21H2,(H,26,27). The predicted molar refractivity (Wildman–Crippen MR) is 114 cm³/mol. The van der Waals surface area contributed by atoms with E-state index in [4.69, 9.17) is 5.11 Å². The van der Waals surface area contributed by atoms with Crippen molar-refractivity contribution in [3.05, 3.63) is 12.3 Å². The van der Waals surface area contributed by atoms with Gasteiger partial charge in [-0.05, 0) is 19.3 Å². The number of hydrogen-bond acceptors (Lipinski definition) is 3. The zero-order valence-electron chi connectivity index (χ0n) is 17.5. The predicted octanol–water partition coefficient (Wildman–Crippen LogP) is 6.40. The molecule has 0 bridgehead atoms. The summed E-state index contributed by atoms with van der Waals surface area (Å²) in [5.74, 6) is -0.835. The van der Waals surface area contributed by atoms with Crippen molar-refractivity contribution in [1.29, 1.82) is 0 Å². The van der Waals surface area contributed by atoms with Gasteiger partial charge in [0.25, 0.3) is 0 Å². The summed E-state index contributed by atoms with van der Waals surface area (Å²) in [7, 11) is 0. The van der Waals surface area contributed by atoms with Crippen LogP contribution in [0.2, 0.25) is 0 Å². The molecule has 0 unspecified atom stereocenters. The highest BCUT2D eigenvalue weighted by Gasteiger charge is 1.99. The molecular weight excluding hydrogens is 338 g/mol. The lowest BCUT2D eigenvalue weighted by atomic mass is 10.0. The number of aldehydes is 1. The summed E-state index contributed by atoms with van der Waals surface area (Å²) in [6, 6.07) is 0. The lowest BCUT2D eigenvalue weighted by Crippen LogP contribution is -2.21. The van der Waals surface area contributed by atoms with Gasteiger partial charge in [0.15, 0.2) is 0 Å². The van der Waals surface area contributed by atoms with Gasteiger partial charge in [-0.2, -0.15) is 0 Å². The van der Waals surface area contributed by atoms with Crippen molar-refractivity contribution in [2.24, 2.45) is 0 Å². The summed E-state index contributed by atoms with van der Waals surface area (Å²) < 4.78 is 0. The van der Waals surface area contributed by atoms with E-state index in [1.54, 1.807) is 0 Å². The molecule has 0 aliphatic heterocycles. The molecule has 0 aromatic carbocycles. The highest BCUT2D eigenvalue weighted by Crippen LogP contribution is 2.14. The maximum atomic E-state index is 10.4. The fourth-order valence-corrected chi connectivity index (χ4v) is 3.33. The Labute approximate surface area is 167 Å². The van der Waals surface area contributed by atoms with Gasteiger partial charge in [0.05, 0.1) is 0 Å². The van der Waals surface area contributed by atoms with Crippen molar-refractivity contribution in [1.82, 2.24) is 5.32 Å². The van der Waals surface area contributed by atoms with Gasteiger partial charge < -0.3 is 15.2 Å². The van der Waals surface area contributed by atoms with Gasteiger partial charge in [-0.3, -0.25) is 4.79 Å². The molecule has 0 aromatic heterocycles. The summed E-state index contributed by atoms with van der Waals surface area (Å²) in [6.45, 7) is 3.83. The van der Waals surface area contributed by atoms with Crippen molar-refractivity contribution in [2.75, 3.05) is 6.54 Å². The minimum absolute atomic E-state index is 0.0265. The molecule has 0 atom stereocenters. The normalized spacial score (nSPS) is 10.7. The van der Waals surface area contributed by atoms with Crippen LogP contribution in [-0.2, 0) is 9.59 Å². The van der Waals surface area contributed by atoms with E-state index >= 15 is 0 Å². The maximum absolute atomic E-state index is 10.4. The molecular formula is C23H43NO3. The van der Waals surface area contributed by atoms with E-state index in [1.165, 1.54) is 89.9 Å². The highest BCUT2D eigenvalue weighted by molar-refractivity contribution is 5.69. The minimum atomic E-state index is -0.835. The van der Waals surface area contributed by atoms with Gasteiger partial charge in [0.1, 0.15) is 12.8 Å². The maximum Gasteiger partial charge on any atom is 0.322 e. The monoisotopic (exact) mass is 381 g/mol. The van der Waals surface area contributed by atoms with Gasteiger partial charge in [-0.1, -0.05) is 96.5 Å². The number of carbonyl (C=O) groups excluding carboxylic acids is 1. The van der Waals surface area contributed by atoms with Crippen LogP contribution in [0, 0.1) is 0 Å². The number of unbranched alkanes of at least 4 members (excludes halogenated alkanes) is 16. The molecule has 0 rings (SSSR count). The second-order valence-corrected chi connectivity index (χ2v) is 7.71. The van der Waals surface area contributed by atoms with Crippen LogP contribution in [0.3, 0.4) is 0 Å². The molecule has 0 aliphatic rings. The van der Waals surface area contributed by atoms with Gasteiger partial charge >= 0.3 is 5.97 Å². The molecule has 4 nitrogen and oxygen atoms in total. The van der Waals surface area contributed by atoms with E-state index in [9.17, 15) is 9.59 Å². The zero-order chi connectivity index (χ0) is 20.0.